The second-order valence-electron chi connectivity index (χ2n) is 6.38. The fraction of sp³-hybridized carbons (Fsp3) is 0.474. The number of esters is 1. The zero-order valence-corrected chi connectivity index (χ0v) is 14.5. The molecule has 0 aliphatic heterocycles. The molecule has 0 spiro atoms. The predicted octanol–water partition coefficient (Wildman–Crippen LogP) is 3.18. The summed E-state index contributed by atoms with van der Waals surface area (Å²) >= 11 is 0. The Morgan fingerprint density at radius 1 is 1.28 bits per heavy atom. The highest BCUT2D eigenvalue weighted by molar-refractivity contribution is 5.97. The minimum atomic E-state index is -0.878. The van der Waals surface area contributed by atoms with Crippen molar-refractivity contribution in [2.45, 2.75) is 51.4 Å². The molecule has 3 rings (SSSR count). The predicted molar refractivity (Wildman–Crippen MR) is 92.2 cm³/mol. The van der Waals surface area contributed by atoms with Gasteiger partial charge in [-0.15, -0.1) is 0 Å². The number of furan rings is 1. The van der Waals surface area contributed by atoms with Crippen LogP contribution in [-0.2, 0) is 20.9 Å². The molecule has 1 aromatic heterocycles. The number of nitrogens with one attached hydrogen (secondary N) is 1. The molecular weight excluding hydrogens is 322 g/mol. The van der Waals surface area contributed by atoms with Crippen molar-refractivity contribution < 1.29 is 23.5 Å². The van der Waals surface area contributed by atoms with Crippen molar-refractivity contribution in [3.05, 3.63) is 35.6 Å². The largest absolute Gasteiger partial charge is 0.449 e. The molecule has 0 bridgehead atoms. The van der Waals surface area contributed by atoms with Crippen LogP contribution in [0.25, 0.3) is 11.0 Å². The van der Waals surface area contributed by atoms with Gasteiger partial charge in [0, 0.05) is 24.1 Å². The first-order chi connectivity index (χ1) is 12.1. The Morgan fingerprint density at radius 3 is 2.72 bits per heavy atom. The molecule has 0 saturated heterocycles. The highest BCUT2D eigenvalue weighted by Crippen LogP contribution is 2.27. The Bertz CT molecular complexity index is 760. The van der Waals surface area contributed by atoms with Gasteiger partial charge < -0.3 is 19.2 Å². The third-order valence-electron chi connectivity index (χ3n) is 4.53. The van der Waals surface area contributed by atoms with Crippen molar-refractivity contribution in [1.29, 1.82) is 0 Å². The maximum absolute atomic E-state index is 12.5. The van der Waals surface area contributed by atoms with Crippen LogP contribution in [0.5, 0.6) is 0 Å². The average molecular weight is 345 g/mol. The number of methoxy groups -OCH3 is 1. The van der Waals surface area contributed by atoms with Gasteiger partial charge in [0.05, 0.1) is 6.61 Å². The number of amides is 1. The summed E-state index contributed by atoms with van der Waals surface area (Å²) in [6, 6.07) is 7.52. The SMILES string of the molecule is COCc1c(C(=O)OC(C)C(=O)NC2CCCC2)oc2ccccc12. The third kappa shape index (κ3) is 3.85. The third-order valence-corrected chi connectivity index (χ3v) is 4.53. The van der Waals surface area contributed by atoms with E-state index in [0.717, 1.165) is 31.1 Å². The molecule has 1 saturated carbocycles. The Hall–Kier alpha value is -2.34. The van der Waals surface area contributed by atoms with E-state index in [-0.39, 0.29) is 24.3 Å². The molecule has 1 amide bonds. The van der Waals surface area contributed by atoms with Crippen LogP contribution >= 0.6 is 0 Å². The Balaban J connectivity index is 1.72. The van der Waals surface area contributed by atoms with Gasteiger partial charge in [-0.25, -0.2) is 4.79 Å². The van der Waals surface area contributed by atoms with Gasteiger partial charge in [0.15, 0.2) is 6.10 Å². The number of benzene rings is 1. The van der Waals surface area contributed by atoms with Gasteiger partial charge in [-0.2, -0.15) is 0 Å². The van der Waals surface area contributed by atoms with Crippen molar-refractivity contribution in [3.63, 3.8) is 0 Å². The number of rotatable bonds is 6. The summed E-state index contributed by atoms with van der Waals surface area (Å²) in [7, 11) is 1.55. The van der Waals surface area contributed by atoms with E-state index < -0.39 is 12.1 Å². The van der Waals surface area contributed by atoms with Crippen LogP contribution in [0.15, 0.2) is 28.7 Å². The summed E-state index contributed by atoms with van der Waals surface area (Å²) < 4.78 is 16.1. The van der Waals surface area contributed by atoms with Gasteiger partial charge >= 0.3 is 5.97 Å². The minimum absolute atomic E-state index is 0.0866. The van der Waals surface area contributed by atoms with E-state index in [0.29, 0.717) is 11.1 Å². The summed E-state index contributed by atoms with van der Waals surface area (Å²) in [6.07, 6.45) is 3.33. The van der Waals surface area contributed by atoms with Crippen LogP contribution in [0, 0.1) is 0 Å². The molecule has 1 aliphatic carbocycles. The molecule has 1 aliphatic rings. The number of para-hydroxylation sites is 1. The second-order valence-corrected chi connectivity index (χ2v) is 6.38. The van der Waals surface area contributed by atoms with E-state index in [1.165, 1.54) is 0 Å². The van der Waals surface area contributed by atoms with Crippen LogP contribution in [-0.4, -0.2) is 31.1 Å². The molecule has 1 N–H and O–H groups in total. The summed E-state index contributed by atoms with van der Waals surface area (Å²) in [5.41, 5.74) is 1.22. The average Bonchev–Trinajstić information content (AvgIpc) is 3.23. The molecule has 6 heteroatoms. The molecule has 134 valence electrons. The zero-order valence-electron chi connectivity index (χ0n) is 14.5. The van der Waals surface area contributed by atoms with E-state index in [1.807, 2.05) is 18.2 Å². The van der Waals surface area contributed by atoms with E-state index in [1.54, 1.807) is 20.1 Å². The van der Waals surface area contributed by atoms with Crippen LogP contribution < -0.4 is 5.32 Å². The quantitative estimate of drug-likeness (QED) is 0.814. The Morgan fingerprint density at radius 2 is 2.00 bits per heavy atom. The number of carbonyl (C=O) groups is 2. The van der Waals surface area contributed by atoms with Gasteiger partial charge in [-0.3, -0.25) is 4.79 Å². The molecule has 2 aromatic rings. The highest BCUT2D eigenvalue weighted by Gasteiger charge is 2.27. The first-order valence-electron chi connectivity index (χ1n) is 8.61. The van der Waals surface area contributed by atoms with Gasteiger partial charge in [0.1, 0.15) is 5.58 Å². The number of hydrogen-bond acceptors (Lipinski definition) is 5. The number of fused-ring (bicyclic) bond motifs is 1. The number of carbonyl (C=O) groups excluding carboxylic acids is 2. The summed E-state index contributed by atoms with van der Waals surface area (Å²) in [4.78, 5) is 24.7. The molecule has 1 unspecified atom stereocenters. The smallest absolute Gasteiger partial charge is 0.375 e. The molecule has 1 atom stereocenters. The minimum Gasteiger partial charge on any atom is -0.449 e. The van der Waals surface area contributed by atoms with Crippen molar-refractivity contribution in [2.75, 3.05) is 7.11 Å². The van der Waals surface area contributed by atoms with Crippen molar-refractivity contribution in [1.82, 2.24) is 5.32 Å². The number of hydrogen-bond donors (Lipinski definition) is 1. The standard InChI is InChI=1S/C19H23NO5/c1-12(18(21)20-13-7-3-4-8-13)24-19(22)17-15(11-23-2)14-9-5-6-10-16(14)25-17/h5-6,9-10,12-13H,3-4,7-8,11H2,1-2H3,(H,20,21). The molecule has 1 fully saturated rings. The van der Waals surface area contributed by atoms with E-state index >= 15 is 0 Å². The van der Waals surface area contributed by atoms with Crippen molar-refractivity contribution in [3.8, 4) is 0 Å². The van der Waals surface area contributed by atoms with Crippen LogP contribution in [0.1, 0.15) is 48.7 Å². The first kappa shape index (κ1) is 17.5. The van der Waals surface area contributed by atoms with Crippen LogP contribution in [0.4, 0.5) is 0 Å². The zero-order chi connectivity index (χ0) is 17.8. The Kier molecular flexibility index (Phi) is 5.38. The molecule has 1 aromatic carbocycles. The van der Waals surface area contributed by atoms with E-state index in [9.17, 15) is 9.59 Å². The van der Waals surface area contributed by atoms with Gasteiger partial charge in [0.25, 0.3) is 5.91 Å². The molecule has 6 nitrogen and oxygen atoms in total. The van der Waals surface area contributed by atoms with E-state index in [2.05, 4.69) is 5.32 Å². The monoisotopic (exact) mass is 345 g/mol. The summed E-state index contributed by atoms with van der Waals surface area (Å²) in [5, 5.41) is 3.74. The lowest BCUT2D eigenvalue weighted by Gasteiger charge is -2.16. The Labute approximate surface area is 146 Å². The van der Waals surface area contributed by atoms with Gasteiger partial charge in [-0.1, -0.05) is 31.0 Å². The lowest BCUT2D eigenvalue weighted by Crippen LogP contribution is -2.40. The summed E-state index contributed by atoms with van der Waals surface area (Å²) in [5.74, 6) is -0.842. The summed E-state index contributed by atoms with van der Waals surface area (Å²) in [6.45, 7) is 1.80. The maximum Gasteiger partial charge on any atom is 0.375 e. The van der Waals surface area contributed by atoms with Crippen LogP contribution in [0.2, 0.25) is 0 Å². The highest BCUT2D eigenvalue weighted by atomic mass is 16.6. The molecular formula is C19H23NO5. The molecule has 25 heavy (non-hydrogen) atoms. The normalized spacial score (nSPS) is 16.1. The topological polar surface area (TPSA) is 77.8 Å². The lowest BCUT2D eigenvalue weighted by molar-refractivity contribution is -0.129. The molecule has 1 heterocycles. The molecule has 0 radical (unpaired) electrons. The lowest BCUT2D eigenvalue weighted by atomic mass is 10.1. The first-order valence-corrected chi connectivity index (χ1v) is 8.61. The van der Waals surface area contributed by atoms with Crippen molar-refractivity contribution in [2.24, 2.45) is 0 Å². The van der Waals surface area contributed by atoms with Crippen LogP contribution in [0.3, 0.4) is 0 Å². The van der Waals surface area contributed by atoms with Gasteiger partial charge in [-0.05, 0) is 25.8 Å². The number of ether oxygens (including phenoxy) is 2. The van der Waals surface area contributed by atoms with Crippen molar-refractivity contribution >= 4 is 22.8 Å². The van der Waals surface area contributed by atoms with E-state index in [4.69, 9.17) is 13.9 Å². The maximum atomic E-state index is 12.5. The van der Waals surface area contributed by atoms with Gasteiger partial charge in [0.2, 0.25) is 5.76 Å². The fourth-order valence-corrected chi connectivity index (χ4v) is 3.21. The second kappa shape index (κ2) is 7.70. The fourth-order valence-electron chi connectivity index (χ4n) is 3.21.